The Kier molecular flexibility index (Phi) is 6.54. The first-order chi connectivity index (χ1) is 27.2. The highest BCUT2D eigenvalue weighted by Crippen LogP contribution is 2.57. The molecule has 2 aliphatic carbocycles. The molecule has 12 rings (SSSR count). The Morgan fingerprint density at radius 2 is 0.836 bits per heavy atom. The van der Waals surface area contributed by atoms with Gasteiger partial charge in [0.1, 0.15) is 0 Å². The third-order valence-corrected chi connectivity index (χ3v) is 12.8. The van der Waals surface area contributed by atoms with Crippen molar-refractivity contribution in [2.75, 3.05) is 0 Å². The van der Waals surface area contributed by atoms with Gasteiger partial charge in [-0.25, -0.2) is 0 Å². The number of nitrogens with zero attached hydrogens (tertiary/aromatic N) is 2. The highest BCUT2D eigenvalue weighted by molar-refractivity contribution is 6.11. The Morgan fingerprint density at radius 1 is 0.327 bits per heavy atom. The fourth-order valence-electron chi connectivity index (χ4n) is 10.4. The maximum Gasteiger partial charge on any atom is 0.0541 e. The second-order valence-electron chi connectivity index (χ2n) is 15.7. The third-order valence-electron chi connectivity index (χ3n) is 12.8. The molecular weight excluding hydrogens is 665 g/mol. The van der Waals surface area contributed by atoms with Crippen molar-refractivity contribution in [1.82, 2.24) is 9.13 Å². The van der Waals surface area contributed by atoms with E-state index < -0.39 is 0 Å². The number of benzene rings is 8. The van der Waals surface area contributed by atoms with Crippen LogP contribution in [0.3, 0.4) is 0 Å². The Morgan fingerprint density at radius 3 is 1.53 bits per heavy atom. The van der Waals surface area contributed by atoms with E-state index in [2.05, 4.69) is 191 Å². The van der Waals surface area contributed by atoms with Crippen LogP contribution in [0.4, 0.5) is 0 Å². The predicted octanol–water partition coefficient (Wildman–Crippen LogP) is 14.1. The van der Waals surface area contributed by atoms with E-state index in [1.165, 1.54) is 125 Å². The van der Waals surface area contributed by atoms with Gasteiger partial charge in [-0.15, -0.1) is 0 Å². The molecule has 55 heavy (non-hydrogen) atoms. The molecule has 2 aliphatic rings. The van der Waals surface area contributed by atoms with Gasteiger partial charge in [0.25, 0.3) is 0 Å². The molecule has 0 bridgehead atoms. The summed E-state index contributed by atoms with van der Waals surface area (Å²) in [5, 5.41) is 5.08. The van der Waals surface area contributed by atoms with Crippen LogP contribution >= 0.6 is 0 Å². The van der Waals surface area contributed by atoms with Crippen LogP contribution in [-0.2, 0) is 5.41 Å². The minimum Gasteiger partial charge on any atom is -0.309 e. The Balaban J connectivity index is 1.11. The number of aromatic nitrogens is 2. The summed E-state index contributed by atoms with van der Waals surface area (Å²) in [5.41, 5.74) is 18.2. The molecule has 2 heterocycles. The zero-order valence-electron chi connectivity index (χ0n) is 30.5. The van der Waals surface area contributed by atoms with E-state index in [4.69, 9.17) is 0 Å². The monoisotopic (exact) mass is 702 g/mol. The molecular formula is C53H38N2. The molecule has 0 amide bonds. The average molecular weight is 703 g/mol. The zero-order chi connectivity index (χ0) is 36.1. The average Bonchev–Trinajstić information content (AvgIpc) is 4.02. The minimum absolute atomic E-state index is 0.118. The molecule has 260 valence electrons. The molecule has 0 atom stereocenters. The molecule has 1 saturated carbocycles. The van der Waals surface area contributed by atoms with Crippen molar-refractivity contribution in [2.45, 2.75) is 31.1 Å². The molecule has 10 aromatic rings. The van der Waals surface area contributed by atoms with E-state index in [1.54, 1.807) is 0 Å². The maximum atomic E-state index is 2.55. The molecule has 1 fully saturated rings. The molecule has 8 aromatic carbocycles. The van der Waals surface area contributed by atoms with Gasteiger partial charge in [0.15, 0.2) is 0 Å². The van der Waals surface area contributed by atoms with Crippen LogP contribution in [0.5, 0.6) is 0 Å². The van der Waals surface area contributed by atoms with Crippen molar-refractivity contribution in [3.05, 3.63) is 193 Å². The van der Waals surface area contributed by atoms with E-state index in [0.29, 0.717) is 0 Å². The Bertz CT molecular complexity index is 3100. The fraction of sp³-hybridized carbons (Fsp3) is 0.0943. The first-order valence-electron chi connectivity index (χ1n) is 19.7. The standard InChI is InChI=1S/C53H38N2/c1-2-14-39(15-3-1)54-51-23-11-7-19-45(51)46-33-35(25-27-52(46)54)37-30-38(32-40(31-37)55-49-21-9-5-17-43(49)44-18-6-10-22-50(44)55)36-24-26-42-41-16-4-8-20-47(41)53(48(42)34-36)28-12-13-29-53/h1-11,14-27,30-34H,12-13,28-29H2. The molecule has 0 aliphatic heterocycles. The second kappa shape index (κ2) is 11.7. The summed E-state index contributed by atoms with van der Waals surface area (Å²) in [5.74, 6) is 0. The lowest BCUT2D eigenvalue weighted by Gasteiger charge is -2.27. The topological polar surface area (TPSA) is 9.86 Å². The first-order valence-corrected chi connectivity index (χ1v) is 19.7. The lowest BCUT2D eigenvalue weighted by Crippen LogP contribution is -2.20. The van der Waals surface area contributed by atoms with Crippen LogP contribution in [0.2, 0.25) is 0 Å². The SMILES string of the molecule is c1ccc(-n2c3ccccc3c3cc(-c4cc(-c5ccc6c(c5)C5(CCCC5)c5ccccc5-6)cc(-n5c6ccccc6c6ccccc65)c4)ccc32)cc1. The van der Waals surface area contributed by atoms with Gasteiger partial charge in [-0.3, -0.25) is 0 Å². The highest BCUT2D eigenvalue weighted by Gasteiger charge is 2.44. The van der Waals surface area contributed by atoms with Crippen LogP contribution in [0.25, 0.3) is 88.4 Å². The van der Waals surface area contributed by atoms with Gasteiger partial charge >= 0.3 is 0 Å². The summed E-state index contributed by atoms with van der Waals surface area (Å²) in [6.07, 6.45) is 5.02. The molecule has 1 spiro atoms. The normalized spacial score (nSPS) is 14.4. The number of hydrogen-bond acceptors (Lipinski definition) is 0. The third kappa shape index (κ3) is 4.43. The fourth-order valence-corrected chi connectivity index (χ4v) is 10.4. The summed E-state index contributed by atoms with van der Waals surface area (Å²) in [4.78, 5) is 0. The van der Waals surface area contributed by atoms with Crippen LogP contribution in [-0.4, -0.2) is 9.13 Å². The minimum atomic E-state index is 0.118. The quantitative estimate of drug-likeness (QED) is 0.173. The maximum absolute atomic E-state index is 2.55. The zero-order valence-corrected chi connectivity index (χ0v) is 30.5. The van der Waals surface area contributed by atoms with Gasteiger partial charge < -0.3 is 9.13 Å². The molecule has 0 N–H and O–H groups in total. The van der Waals surface area contributed by atoms with E-state index in [1.807, 2.05) is 0 Å². The number of para-hydroxylation sites is 4. The number of fused-ring (bicyclic) bond motifs is 11. The lowest BCUT2D eigenvalue weighted by atomic mass is 9.76. The molecule has 0 saturated heterocycles. The molecule has 0 unspecified atom stereocenters. The summed E-state index contributed by atoms with van der Waals surface area (Å²) in [7, 11) is 0. The largest absolute Gasteiger partial charge is 0.309 e. The van der Waals surface area contributed by atoms with Crippen LogP contribution in [0.1, 0.15) is 36.8 Å². The van der Waals surface area contributed by atoms with Gasteiger partial charge in [0.2, 0.25) is 0 Å². The van der Waals surface area contributed by atoms with Crippen molar-refractivity contribution in [2.24, 2.45) is 0 Å². The molecule has 2 heteroatoms. The van der Waals surface area contributed by atoms with Gasteiger partial charge in [-0.1, -0.05) is 128 Å². The smallest absolute Gasteiger partial charge is 0.0541 e. The molecule has 0 radical (unpaired) electrons. The molecule has 2 nitrogen and oxygen atoms in total. The second-order valence-corrected chi connectivity index (χ2v) is 15.7. The Hall–Kier alpha value is -6.64. The van der Waals surface area contributed by atoms with Crippen molar-refractivity contribution < 1.29 is 0 Å². The number of hydrogen-bond donors (Lipinski definition) is 0. The number of rotatable bonds is 4. The van der Waals surface area contributed by atoms with Crippen LogP contribution < -0.4 is 0 Å². The van der Waals surface area contributed by atoms with Gasteiger partial charge in [0, 0.05) is 38.3 Å². The van der Waals surface area contributed by atoms with E-state index >= 15 is 0 Å². The summed E-state index contributed by atoms with van der Waals surface area (Å²) in [6.45, 7) is 0. The first kappa shape index (κ1) is 30.8. The van der Waals surface area contributed by atoms with Crippen molar-refractivity contribution in [3.8, 4) is 44.8 Å². The van der Waals surface area contributed by atoms with Crippen molar-refractivity contribution in [1.29, 1.82) is 0 Å². The highest BCUT2D eigenvalue weighted by atomic mass is 15.0. The Labute approximate surface area is 320 Å². The molecule has 2 aromatic heterocycles. The predicted molar refractivity (Wildman–Crippen MR) is 231 cm³/mol. The van der Waals surface area contributed by atoms with Crippen molar-refractivity contribution >= 4 is 43.6 Å². The van der Waals surface area contributed by atoms with E-state index in [0.717, 1.165) is 0 Å². The van der Waals surface area contributed by atoms with E-state index in [-0.39, 0.29) is 5.41 Å². The summed E-state index contributed by atoms with van der Waals surface area (Å²) >= 11 is 0. The van der Waals surface area contributed by atoms with Crippen LogP contribution in [0.15, 0.2) is 182 Å². The van der Waals surface area contributed by atoms with Gasteiger partial charge in [-0.05, 0) is 124 Å². The summed E-state index contributed by atoms with van der Waals surface area (Å²) in [6, 6.07) is 68.1. The van der Waals surface area contributed by atoms with Crippen molar-refractivity contribution in [3.63, 3.8) is 0 Å². The van der Waals surface area contributed by atoms with Gasteiger partial charge in [-0.2, -0.15) is 0 Å². The van der Waals surface area contributed by atoms with E-state index in [9.17, 15) is 0 Å². The lowest BCUT2D eigenvalue weighted by molar-refractivity contribution is 0.550. The van der Waals surface area contributed by atoms with Gasteiger partial charge in [0.05, 0.1) is 22.1 Å². The summed E-state index contributed by atoms with van der Waals surface area (Å²) < 4.78 is 4.87. The van der Waals surface area contributed by atoms with Crippen LogP contribution in [0, 0.1) is 0 Å².